The van der Waals surface area contributed by atoms with Gasteiger partial charge in [-0.15, -0.1) is 0 Å². The standard InChI is InChI=1S/C8H18N2S/c1-7(2)6-11-5-3-4-8(9)10/h7H,3-6H2,1-2H3,(H3,9,10). The molecule has 0 amide bonds. The first-order valence-corrected chi connectivity index (χ1v) is 5.19. The molecule has 0 aliphatic heterocycles. The zero-order chi connectivity index (χ0) is 8.69. The molecule has 0 aliphatic carbocycles. The van der Waals surface area contributed by atoms with Gasteiger partial charge in [0, 0.05) is 6.42 Å². The third kappa shape index (κ3) is 9.82. The summed E-state index contributed by atoms with van der Waals surface area (Å²) in [5, 5.41) is 6.98. The van der Waals surface area contributed by atoms with Crippen LogP contribution in [0.4, 0.5) is 0 Å². The minimum absolute atomic E-state index is 0.315. The summed E-state index contributed by atoms with van der Waals surface area (Å²) < 4.78 is 0. The van der Waals surface area contributed by atoms with Gasteiger partial charge in [-0.05, 0) is 23.8 Å². The maximum Gasteiger partial charge on any atom is 0.0905 e. The van der Waals surface area contributed by atoms with Gasteiger partial charge in [-0.2, -0.15) is 11.8 Å². The van der Waals surface area contributed by atoms with Crippen LogP contribution in [0.15, 0.2) is 0 Å². The Morgan fingerprint density at radius 3 is 2.64 bits per heavy atom. The second-order valence-corrected chi connectivity index (χ2v) is 4.25. The van der Waals surface area contributed by atoms with Crippen LogP contribution in [0.2, 0.25) is 0 Å². The highest BCUT2D eigenvalue weighted by Crippen LogP contribution is 2.09. The van der Waals surface area contributed by atoms with E-state index in [1.807, 2.05) is 11.8 Å². The highest BCUT2D eigenvalue weighted by molar-refractivity contribution is 7.99. The molecule has 2 nitrogen and oxygen atoms in total. The van der Waals surface area contributed by atoms with Crippen LogP contribution < -0.4 is 5.73 Å². The normalized spacial score (nSPS) is 10.5. The van der Waals surface area contributed by atoms with Gasteiger partial charge in [0.05, 0.1) is 5.84 Å². The van der Waals surface area contributed by atoms with Crippen LogP contribution in [-0.4, -0.2) is 17.3 Å². The van der Waals surface area contributed by atoms with E-state index in [9.17, 15) is 0 Å². The van der Waals surface area contributed by atoms with Crippen LogP contribution >= 0.6 is 11.8 Å². The molecular weight excluding hydrogens is 156 g/mol. The molecule has 0 unspecified atom stereocenters. The van der Waals surface area contributed by atoms with Crippen molar-refractivity contribution in [2.75, 3.05) is 11.5 Å². The molecule has 3 heteroatoms. The topological polar surface area (TPSA) is 49.9 Å². The maximum absolute atomic E-state index is 6.98. The second-order valence-electron chi connectivity index (χ2n) is 3.10. The van der Waals surface area contributed by atoms with Crippen LogP contribution in [0.1, 0.15) is 26.7 Å². The van der Waals surface area contributed by atoms with Crippen LogP contribution in [-0.2, 0) is 0 Å². The van der Waals surface area contributed by atoms with Gasteiger partial charge in [0.25, 0.3) is 0 Å². The number of thioether (sulfide) groups is 1. The van der Waals surface area contributed by atoms with E-state index in [0.29, 0.717) is 5.84 Å². The number of hydrogen-bond acceptors (Lipinski definition) is 2. The SMILES string of the molecule is CC(C)CSCCCC(=N)N. The second kappa shape index (κ2) is 6.53. The molecule has 0 aromatic heterocycles. The summed E-state index contributed by atoms with van der Waals surface area (Å²) in [5.41, 5.74) is 5.21. The van der Waals surface area contributed by atoms with Gasteiger partial charge in [0.15, 0.2) is 0 Å². The highest BCUT2D eigenvalue weighted by atomic mass is 32.2. The number of nitrogens with one attached hydrogen (secondary N) is 1. The van der Waals surface area contributed by atoms with Gasteiger partial charge >= 0.3 is 0 Å². The van der Waals surface area contributed by atoms with Crippen LogP contribution in [0.25, 0.3) is 0 Å². The Bertz CT molecular complexity index is 113. The van der Waals surface area contributed by atoms with E-state index in [1.54, 1.807) is 0 Å². The molecule has 0 aromatic rings. The number of hydrogen-bond donors (Lipinski definition) is 2. The smallest absolute Gasteiger partial charge is 0.0905 e. The Morgan fingerprint density at radius 2 is 2.18 bits per heavy atom. The molecule has 0 radical (unpaired) electrons. The van der Waals surface area contributed by atoms with E-state index in [1.165, 1.54) is 5.75 Å². The zero-order valence-corrected chi connectivity index (χ0v) is 8.21. The quantitative estimate of drug-likeness (QED) is 0.368. The molecule has 0 fully saturated rings. The largest absolute Gasteiger partial charge is 0.388 e. The molecule has 66 valence electrons. The summed E-state index contributed by atoms with van der Waals surface area (Å²) in [4.78, 5) is 0. The van der Waals surface area contributed by atoms with Crippen molar-refractivity contribution >= 4 is 17.6 Å². The molecular formula is C8H18N2S. The van der Waals surface area contributed by atoms with Gasteiger partial charge in [0.1, 0.15) is 0 Å². The van der Waals surface area contributed by atoms with E-state index < -0.39 is 0 Å². The van der Waals surface area contributed by atoms with Crippen molar-refractivity contribution < 1.29 is 0 Å². The molecule has 0 rings (SSSR count). The lowest BCUT2D eigenvalue weighted by molar-refractivity contribution is 0.749. The predicted molar refractivity (Wildman–Crippen MR) is 53.3 cm³/mol. The monoisotopic (exact) mass is 174 g/mol. The molecule has 0 aromatic carbocycles. The Hall–Kier alpha value is -0.180. The minimum atomic E-state index is 0.315. The lowest BCUT2D eigenvalue weighted by Gasteiger charge is -2.03. The van der Waals surface area contributed by atoms with Gasteiger partial charge < -0.3 is 5.73 Å². The summed E-state index contributed by atoms with van der Waals surface area (Å²) in [5.74, 6) is 3.45. The van der Waals surface area contributed by atoms with Crippen LogP contribution in [0.5, 0.6) is 0 Å². The molecule has 0 saturated heterocycles. The fourth-order valence-corrected chi connectivity index (χ4v) is 1.67. The van der Waals surface area contributed by atoms with Crippen molar-refractivity contribution in [3.8, 4) is 0 Å². The zero-order valence-electron chi connectivity index (χ0n) is 7.39. The summed E-state index contributed by atoms with van der Waals surface area (Å²) in [6.07, 6.45) is 1.80. The third-order valence-corrected chi connectivity index (χ3v) is 2.67. The Kier molecular flexibility index (Phi) is 6.42. The van der Waals surface area contributed by atoms with Crippen molar-refractivity contribution in [3.63, 3.8) is 0 Å². The molecule has 0 bridgehead atoms. The molecule has 3 N–H and O–H groups in total. The predicted octanol–water partition coefficient (Wildman–Crippen LogP) is 2.09. The Morgan fingerprint density at radius 1 is 1.55 bits per heavy atom. The first kappa shape index (κ1) is 10.8. The summed E-state index contributed by atoms with van der Waals surface area (Å²) in [6, 6.07) is 0. The first-order valence-electron chi connectivity index (χ1n) is 4.03. The molecule has 11 heavy (non-hydrogen) atoms. The van der Waals surface area contributed by atoms with Crippen molar-refractivity contribution in [1.82, 2.24) is 0 Å². The van der Waals surface area contributed by atoms with E-state index in [0.717, 1.165) is 24.5 Å². The summed E-state index contributed by atoms with van der Waals surface area (Å²) in [6.45, 7) is 4.44. The third-order valence-electron chi connectivity index (χ3n) is 1.19. The van der Waals surface area contributed by atoms with E-state index in [4.69, 9.17) is 11.1 Å². The number of amidine groups is 1. The fourth-order valence-electron chi connectivity index (χ4n) is 0.684. The van der Waals surface area contributed by atoms with Crippen LogP contribution in [0, 0.1) is 11.3 Å². The van der Waals surface area contributed by atoms with Crippen molar-refractivity contribution in [2.24, 2.45) is 11.7 Å². The lowest BCUT2D eigenvalue weighted by Crippen LogP contribution is -2.09. The molecule has 0 heterocycles. The van der Waals surface area contributed by atoms with Gasteiger partial charge in [0.2, 0.25) is 0 Å². The van der Waals surface area contributed by atoms with Crippen LogP contribution in [0.3, 0.4) is 0 Å². The fraction of sp³-hybridized carbons (Fsp3) is 0.875. The van der Waals surface area contributed by atoms with Gasteiger partial charge in [-0.25, -0.2) is 0 Å². The van der Waals surface area contributed by atoms with E-state index in [-0.39, 0.29) is 0 Å². The highest BCUT2D eigenvalue weighted by Gasteiger charge is 1.94. The van der Waals surface area contributed by atoms with E-state index in [2.05, 4.69) is 13.8 Å². The molecule has 0 spiro atoms. The minimum Gasteiger partial charge on any atom is -0.388 e. The Labute approximate surface area is 73.4 Å². The molecule has 0 saturated carbocycles. The van der Waals surface area contributed by atoms with Crippen molar-refractivity contribution in [1.29, 1.82) is 5.41 Å². The molecule has 0 aliphatic rings. The first-order chi connectivity index (χ1) is 5.13. The maximum atomic E-state index is 6.98. The lowest BCUT2D eigenvalue weighted by atomic mass is 10.3. The number of nitrogens with two attached hydrogens (primary N) is 1. The molecule has 0 atom stereocenters. The van der Waals surface area contributed by atoms with Crippen molar-refractivity contribution in [3.05, 3.63) is 0 Å². The van der Waals surface area contributed by atoms with Gasteiger partial charge in [-0.1, -0.05) is 13.8 Å². The van der Waals surface area contributed by atoms with E-state index >= 15 is 0 Å². The van der Waals surface area contributed by atoms with Gasteiger partial charge in [-0.3, -0.25) is 5.41 Å². The summed E-state index contributed by atoms with van der Waals surface area (Å²) >= 11 is 1.95. The average Bonchev–Trinajstić information content (AvgIpc) is 1.85. The average molecular weight is 174 g/mol. The Balaban J connectivity index is 2.97. The number of rotatable bonds is 6. The summed E-state index contributed by atoms with van der Waals surface area (Å²) in [7, 11) is 0. The van der Waals surface area contributed by atoms with Crippen molar-refractivity contribution in [2.45, 2.75) is 26.7 Å².